The third-order valence-electron chi connectivity index (χ3n) is 3.41. The molecule has 0 fully saturated rings. The Labute approximate surface area is 160 Å². The van der Waals surface area contributed by atoms with Crippen molar-refractivity contribution in [3.05, 3.63) is 76.5 Å². The maximum Gasteiger partial charge on any atom is 0.234 e. The van der Waals surface area contributed by atoms with Gasteiger partial charge >= 0.3 is 0 Å². The van der Waals surface area contributed by atoms with Crippen molar-refractivity contribution < 1.29 is 4.79 Å². The molecule has 0 unspecified atom stereocenters. The van der Waals surface area contributed by atoms with E-state index in [4.69, 9.17) is 23.2 Å². The van der Waals surface area contributed by atoms with Gasteiger partial charge in [-0.1, -0.05) is 35.3 Å². The molecule has 3 aromatic rings. The Morgan fingerprint density at radius 1 is 1.16 bits per heavy atom. The first kappa shape index (κ1) is 17.9. The zero-order chi connectivity index (χ0) is 17.6. The van der Waals surface area contributed by atoms with Crippen molar-refractivity contribution in [2.75, 3.05) is 11.1 Å². The quantitative estimate of drug-likeness (QED) is 0.639. The molecule has 3 rings (SSSR count). The van der Waals surface area contributed by atoms with Gasteiger partial charge in [0.25, 0.3) is 0 Å². The molecule has 0 spiro atoms. The number of rotatable bonds is 6. The van der Waals surface area contributed by atoms with E-state index in [1.807, 2.05) is 36.5 Å². The van der Waals surface area contributed by atoms with E-state index in [1.165, 1.54) is 11.8 Å². The lowest BCUT2D eigenvalue weighted by atomic mass is 10.2. The maximum absolute atomic E-state index is 12.0. The largest absolute Gasteiger partial charge is 0.324 e. The van der Waals surface area contributed by atoms with Crippen LogP contribution in [-0.2, 0) is 10.5 Å². The molecule has 4 nitrogen and oxygen atoms in total. The molecule has 1 amide bonds. The topological polar surface area (TPSA) is 46.9 Å². The number of halogens is 2. The lowest BCUT2D eigenvalue weighted by molar-refractivity contribution is -0.113. The highest BCUT2D eigenvalue weighted by atomic mass is 35.5. The number of hydrogen-bond acceptors (Lipinski definition) is 3. The predicted octanol–water partition coefficient (Wildman–Crippen LogP) is 5.05. The fourth-order valence-electron chi connectivity index (χ4n) is 2.21. The minimum absolute atomic E-state index is 0.109. The molecule has 128 valence electrons. The molecule has 0 atom stereocenters. The van der Waals surface area contributed by atoms with Crippen molar-refractivity contribution in [1.29, 1.82) is 0 Å². The molecule has 0 saturated carbocycles. The van der Waals surface area contributed by atoms with E-state index in [0.717, 1.165) is 17.0 Å². The smallest absolute Gasteiger partial charge is 0.234 e. The number of aromatic nitrogens is 2. The van der Waals surface area contributed by atoms with Gasteiger partial charge in [0.15, 0.2) is 0 Å². The Balaban J connectivity index is 1.49. The van der Waals surface area contributed by atoms with E-state index in [9.17, 15) is 4.79 Å². The fraction of sp³-hybridized carbons (Fsp3) is 0.111. The van der Waals surface area contributed by atoms with Gasteiger partial charge in [-0.2, -0.15) is 5.10 Å². The Bertz CT molecular complexity index is 851. The molecule has 7 heteroatoms. The van der Waals surface area contributed by atoms with Crippen LogP contribution in [0.3, 0.4) is 0 Å². The van der Waals surface area contributed by atoms with Crippen molar-refractivity contribution in [1.82, 2.24) is 9.78 Å². The second kappa shape index (κ2) is 8.43. The van der Waals surface area contributed by atoms with E-state index in [0.29, 0.717) is 21.5 Å². The third-order valence-corrected chi connectivity index (χ3v) is 4.98. The number of thioether (sulfide) groups is 1. The Morgan fingerprint density at radius 2 is 1.96 bits per heavy atom. The maximum atomic E-state index is 12.0. The molecule has 25 heavy (non-hydrogen) atoms. The van der Waals surface area contributed by atoms with Crippen LogP contribution in [0.15, 0.2) is 60.9 Å². The summed E-state index contributed by atoms with van der Waals surface area (Å²) in [6.07, 6.45) is 3.64. The van der Waals surface area contributed by atoms with Crippen LogP contribution in [0.1, 0.15) is 5.56 Å². The van der Waals surface area contributed by atoms with Crippen LogP contribution in [-0.4, -0.2) is 21.4 Å². The van der Waals surface area contributed by atoms with E-state index in [1.54, 1.807) is 29.1 Å². The molecule has 0 aliphatic heterocycles. The number of carbonyl (C=O) groups excluding carboxylic acids is 1. The molecule has 0 radical (unpaired) electrons. The fourth-order valence-corrected chi connectivity index (χ4v) is 3.33. The molecule has 0 aliphatic rings. The van der Waals surface area contributed by atoms with Crippen molar-refractivity contribution >= 4 is 46.6 Å². The average Bonchev–Trinajstić information content (AvgIpc) is 3.13. The van der Waals surface area contributed by atoms with Crippen LogP contribution >= 0.6 is 35.0 Å². The Morgan fingerprint density at radius 3 is 2.68 bits per heavy atom. The van der Waals surface area contributed by atoms with E-state index in [-0.39, 0.29) is 5.91 Å². The van der Waals surface area contributed by atoms with Gasteiger partial charge in [-0.15, -0.1) is 11.8 Å². The van der Waals surface area contributed by atoms with Crippen molar-refractivity contribution in [3.63, 3.8) is 0 Å². The SMILES string of the molecule is O=C(CSCc1ccc(-n2cccn2)cc1)Nc1cc(Cl)ccc1Cl. The molecule has 0 aliphatic carbocycles. The molecule has 1 N–H and O–H groups in total. The summed E-state index contributed by atoms with van der Waals surface area (Å²) in [7, 11) is 0. The average molecular weight is 392 g/mol. The summed E-state index contributed by atoms with van der Waals surface area (Å²) in [5.74, 6) is 0.974. The lowest BCUT2D eigenvalue weighted by Gasteiger charge is -2.08. The molecule has 1 heterocycles. The summed E-state index contributed by atoms with van der Waals surface area (Å²) in [6, 6.07) is 15.0. The minimum atomic E-state index is -0.109. The Kier molecular flexibility index (Phi) is 6.02. The summed E-state index contributed by atoms with van der Waals surface area (Å²) in [5, 5.41) is 7.97. The van der Waals surface area contributed by atoms with E-state index >= 15 is 0 Å². The van der Waals surface area contributed by atoms with Gasteiger partial charge in [-0.25, -0.2) is 4.68 Å². The van der Waals surface area contributed by atoms with E-state index in [2.05, 4.69) is 10.4 Å². The summed E-state index contributed by atoms with van der Waals surface area (Å²) in [5.41, 5.74) is 2.69. The van der Waals surface area contributed by atoms with Crippen LogP contribution < -0.4 is 5.32 Å². The first-order valence-corrected chi connectivity index (χ1v) is 9.44. The number of amides is 1. The van der Waals surface area contributed by atoms with Crippen LogP contribution in [0.5, 0.6) is 0 Å². The zero-order valence-corrected chi connectivity index (χ0v) is 15.5. The van der Waals surface area contributed by atoms with Crippen molar-refractivity contribution in [2.24, 2.45) is 0 Å². The molecular weight excluding hydrogens is 377 g/mol. The summed E-state index contributed by atoms with van der Waals surface area (Å²) < 4.78 is 1.80. The van der Waals surface area contributed by atoms with Gasteiger partial charge < -0.3 is 5.32 Å². The van der Waals surface area contributed by atoms with E-state index < -0.39 is 0 Å². The monoisotopic (exact) mass is 391 g/mol. The Hall–Kier alpha value is -1.95. The highest BCUT2D eigenvalue weighted by molar-refractivity contribution is 7.99. The minimum Gasteiger partial charge on any atom is -0.324 e. The van der Waals surface area contributed by atoms with Gasteiger partial charge in [0.2, 0.25) is 5.91 Å². The van der Waals surface area contributed by atoms with Gasteiger partial charge in [-0.3, -0.25) is 4.79 Å². The first-order valence-electron chi connectivity index (χ1n) is 7.53. The number of nitrogens with one attached hydrogen (secondary N) is 1. The van der Waals surface area contributed by atoms with Crippen LogP contribution in [0.25, 0.3) is 5.69 Å². The summed E-state index contributed by atoms with van der Waals surface area (Å²) in [4.78, 5) is 12.0. The zero-order valence-electron chi connectivity index (χ0n) is 13.2. The van der Waals surface area contributed by atoms with Crippen LogP contribution in [0.2, 0.25) is 10.0 Å². The second-order valence-electron chi connectivity index (χ2n) is 5.28. The first-order chi connectivity index (χ1) is 12.1. The predicted molar refractivity (Wildman–Crippen MR) is 105 cm³/mol. The van der Waals surface area contributed by atoms with Crippen LogP contribution in [0.4, 0.5) is 5.69 Å². The van der Waals surface area contributed by atoms with Gasteiger partial charge in [0, 0.05) is 23.2 Å². The van der Waals surface area contributed by atoms with Gasteiger partial charge in [0.1, 0.15) is 0 Å². The second-order valence-corrected chi connectivity index (χ2v) is 7.11. The number of benzene rings is 2. The number of nitrogens with zero attached hydrogens (tertiary/aromatic N) is 2. The summed E-state index contributed by atoms with van der Waals surface area (Å²) >= 11 is 13.5. The molecule has 1 aromatic heterocycles. The van der Waals surface area contributed by atoms with Crippen molar-refractivity contribution in [2.45, 2.75) is 5.75 Å². The molecular formula is C18H15Cl2N3OS. The normalized spacial score (nSPS) is 10.6. The standard InChI is InChI=1S/C18H15Cl2N3OS/c19-14-4-7-16(20)17(10-14)22-18(24)12-25-11-13-2-5-15(6-3-13)23-9-1-8-21-23/h1-10H,11-12H2,(H,22,24). The van der Waals surface area contributed by atoms with Crippen LogP contribution in [0, 0.1) is 0 Å². The third kappa shape index (κ3) is 5.01. The number of anilines is 1. The number of carbonyl (C=O) groups is 1. The highest BCUT2D eigenvalue weighted by Crippen LogP contribution is 2.25. The highest BCUT2D eigenvalue weighted by Gasteiger charge is 2.07. The van der Waals surface area contributed by atoms with Crippen molar-refractivity contribution in [3.8, 4) is 5.69 Å². The molecule has 0 saturated heterocycles. The lowest BCUT2D eigenvalue weighted by Crippen LogP contribution is -2.14. The number of hydrogen-bond donors (Lipinski definition) is 1. The summed E-state index contributed by atoms with van der Waals surface area (Å²) in [6.45, 7) is 0. The molecule has 2 aromatic carbocycles. The van der Waals surface area contributed by atoms with Gasteiger partial charge in [0.05, 0.1) is 22.2 Å². The molecule has 0 bridgehead atoms. The van der Waals surface area contributed by atoms with Gasteiger partial charge in [-0.05, 0) is 42.0 Å².